The van der Waals surface area contributed by atoms with Crippen LogP contribution >= 0.6 is 11.3 Å². The predicted molar refractivity (Wildman–Crippen MR) is 97.0 cm³/mol. The lowest BCUT2D eigenvalue weighted by molar-refractivity contribution is -0.123. The Morgan fingerprint density at radius 2 is 1.84 bits per heavy atom. The number of carbonyl (C=O) groups excluding carboxylic acids is 1. The maximum atomic E-state index is 11.9. The summed E-state index contributed by atoms with van der Waals surface area (Å²) in [5.74, 6) is 0.320. The number of sulfonamides is 1. The van der Waals surface area contributed by atoms with E-state index in [9.17, 15) is 13.2 Å². The lowest BCUT2D eigenvalue weighted by Gasteiger charge is -2.08. The molecule has 1 amide bonds. The van der Waals surface area contributed by atoms with Gasteiger partial charge in [0.25, 0.3) is 5.91 Å². The van der Waals surface area contributed by atoms with Gasteiger partial charge >= 0.3 is 0 Å². The highest BCUT2D eigenvalue weighted by atomic mass is 32.2. The maximum Gasteiger partial charge on any atom is 0.258 e. The molecule has 3 rings (SSSR count). The molecule has 0 aliphatic carbocycles. The third-order valence-electron chi connectivity index (χ3n) is 3.47. The summed E-state index contributed by atoms with van der Waals surface area (Å²) in [5.41, 5.74) is 0. The van der Waals surface area contributed by atoms with Crippen molar-refractivity contribution >= 4 is 38.0 Å². The molecular formula is C17H16N2O4S2. The zero-order valence-corrected chi connectivity index (χ0v) is 14.8. The predicted octanol–water partition coefficient (Wildman–Crippen LogP) is 2.24. The number of amides is 1. The Balaban J connectivity index is 1.53. The molecule has 0 fully saturated rings. The molecule has 3 aromatic rings. The van der Waals surface area contributed by atoms with Crippen LogP contribution in [0.4, 0.5) is 0 Å². The first-order valence-electron chi connectivity index (χ1n) is 7.42. The third-order valence-corrected chi connectivity index (χ3v) is 5.99. The molecule has 0 unspecified atom stereocenters. The minimum absolute atomic E-state index is 0.0733. The molecule has 0 aliphatic rings. The Morgan fingerprint density at radius 1 is 1.08 bits per heavy atom. The van der Waals surface area contributed by atoms with Crippen LogP contribution in [0.3, 0.4) is 0 Å². The third kappa shape index (κ3) is 4.56. The summed E-state index contributed by atoms with van der Waals surface area (Å²) in [4.78, 5) is 12.6. The summed E-state index contributed by atoms with van der Waals surface area (Å²) in [6, 6.07) is 16.5. The van der Waals surface area contributed by atoms with Crippen molar-refractivity contribution in [2.75, 3.05) is 6.61 Å². The Kier molecular flexibility index (Phi) is 5.03. The minimum Gasteiger partial charge on any atom is -0.484 e. The Morgan fingerprint density at radius 3 is 2.56 bits per heavy atom. The molecule has 1 heterocycles. The number of nitrogens with one attached hydrogen (secondary N) is 1. The Hall–Kier alpha value is -2.42. The fourth-order valence-corrected chi connectivity index (χ4v) is 3.97. The largest absolute Gasteiger partial charge is 0.484 e. The number of fused-ring (bicyclic) bond motifs is 1. The van der Waals surface area contributed by atoms with Gasteiger partial charge in [0.2, 0.25) is 10.0 Å². The van der Waals surface area contributed by atoms with Crippen LogP contribution < -0.4 is 15.2 Å². The minimum atomic E-state index is -3.70. The van der Waals surface area contributed by atoms with Gasteiger partial charge in [0, 0.05) is 4.88 Å². The highest BCUT2D eigenvalue weighted by Crippen LogP contribution is 2.21. The van der Waals surface area contributed by atoms with Crippen molar-refractivity contribution in [1.29, 1.82) is 0 Å². The number of benzene rings is 2. The van der Waals surface area contributed by atoms with Crippen molar-refractivity contribution in [2.24, 2.45) is 5.14 Å². The number of carbonyl (C=O) groups is 1. The molecule has 2 aromatic carbocycles. The lowest BCUT2D eigenvalue weighted by Crippen LogP contribution is -2.28. The Bertz CT molecular complexity index is 1010. The first-order valence-corrected chi connectivity index (χ1v) is 9.78. The molecule has 0 atom stereocenters. The number of rotatable bonds is 6. The van der Waals surface area contributed by atoms with Crippen LogP contribution in [0.15, 0.2) is 58.8 Å². The zero-order chi connectivity index (χ0) is 17.9. The number of thiophene rings is 1. The van der Waals surface area contributed by atoms with Crippen LogP contribution in [0.25, 0.3) is 10.8 Å². The lowest BCUT2D eigenvalue weighted by atomic mass is 10.1. The van der Waals surface area contributed by atoms with Crippen LogP contribution in [-0.4, -0.2) is 20.9 Å². The second-order valence-corrected chi connectivity index (χ2v) is 8.30. The molecule has 25 heavy (non-hydrogen) atoms. The van der Waals surface area contributed by atoms with E-state index in [0.717, 1.165) is 22.1 Å². The molecule has 0 aliphatic heterocycles. The fraction of sp³-hybridized carbons (Fsp3) is 0.118. The molecule has 0 saturated heterocycles. The standard InChI is InChI=1S/C17H16N2O4S2/c18-25(21,22)17-8-7-15(24-17)10-19-16(20)11-23-14-6-5-12-3-1-2-4-13(12)9-14/h1-9H,10-11H2,(H,19,20)(H2,18,21,22). The van der Waals surface area contributed by atoms with Crippen molar-refractivity contribution in [2.45, 2.75) is 10.8 Å². The summed E-state index contributed by atoms with van der Waals surface area (Å²) >= 11 is 1.03. The van der Waals surface area contributed by atoms with Gasteiger partial charge in [-0.15, -0.1) is 11.3 Å². The average Bonchev–Trinajstić information content (AvgIpc) is 3.07. The normalized spacial score (nSPS) is 11.4. The van der Waals surface area contributed by atoms with E-state index in [-0.39, 0.29) is 23.3 Å². The molecule has 0 spiro atoms. The second-order valence-electron chi connectivity index (χ2n) is 5.34. The van der Waals surface area contributed by atoms with E-state index in [1.54, 1.807) is 6.07 Å². The van der Waals surface area contributed by atoms with E-state index in [4.69, 9.17) is 9.88 Å². The second kappa shape index (κ2) is 7.22. The summed E-state index contributed by atoms with van der Waals surface area (Å²) < 4.78 is 28.0. The highest BCUT2D eigenvalue weighted by Gasteiger charge is 2.11. The number of nitrogens with two attached hydrogens (primary N) is 1. The van der Waals surface area contributed by atoms with Crippen molar-refractivity contribution in [3.8, 4) is 5.75 Å². The number of primary sulfonamides is 1. The van der Waals surface area contributed by atoms with Crippen LogP contribution in [-0.2, 0) is 21.4 Å². The molecule has 130 valence electrons. The summed E-state index contributed by atoms with van der Waals surface area (Å²) in [7, 11) is -3.70. The number of hydrogen-bond acceptors (Lipinski definition) is 5. The monoisotopic (exact) mass is 376 g/mol. The molecule has 0 saturated carbocycles. The van der Waals surface area contributed by atoms with E-state index >= 15 is 0 Å². The van der Waals surface area contributed by atoms with Crippen LogP contribution in [0, 0.1) is 0 Å². The van der Waals surface area contributed by atoms with Gasteiger partial charge in [-0.3, -0.25) is 4.79 Å². The van der Waals surface area contributed by atoms with Crippen LogP contribution in [0.2, 0.25) is 0 Å². The summed E-state index contributed by atoms with van der Waals surface area (Å²) in [6.07, 6.45) is 0. The van der Waals surface area contributed by atoms with E-state index in [1.807, 2.05) is 42.5 Å². The van der Waals surface area contributed by atoms with Crippen molar-refractivity contribution < 1.29 is 17.9 Å². The van der Waals surface area contributed by atoms with E-state index < -0.39 is 10.0 Å². The molecule has 3 N–H and O–H groups in total. The first kappa shape index (κ1) is 17.4. The smallest absolute Gasteiger partial charge is 0.258 e. The zero-order valence-electron chi connectivity index (χ0n) is 13.1. The topological polar surface area (TPSA) is 98.5 Å². The van der Waals surface area contributed by atoms with Crippen LogP contribution in [0.5, 0.6) is 5.75 Å². The van der Waals surface area contributed by atoms with Gasteiger partial charge in [-0.2, -0.15) is 0 Å². The molecule has 6 nitrogen and oxygen atoms in total. The van der Waals surface area contributed by atoms with Gasteiger partial charge in [0.05, 0.1) is 6.54 Å². The van der Waals surface area contributed by atoms with Gasteiger partial charge in [0.1, 0.15) is 9.96 Å². The molecule has 0 radical (unpaired) electrons. The fourth-order valence-electron chi connectivity index (χ4n) is 2.25. The van der Waals surface area contributed by atoms with Gasteiger partial charge < -0.3 is 10.1 Å². The summed E-state index contributed by atoms with van der Waals surface area (Å²) in [5, 5.41) is 9.87. The van der Waals surface area contributed by atoms with Gasteiger partial charge in [0.15, 0.2) is 6.61 Å². The Labute approximate surface area is 149 Å². The van der Waals surface area contributed by atoms with E-state index in [0.29, 0.717) is 10.6 Å². The maximum absolute atomic E-state index is 11.9. The van der Waals surface area contributed by atoms with Crippen molar-refractivity contribution in [1.82, 2.24) is 5.32 Å². The van der Waals surface area contributed by atoms with Gasteiger partial charge in [-0.1, -0.05) is 30.3 Å². The van der Waals surface area contributed by atoms with Gasteiger partial charge in [-0.05, 0) is 35.0 Å². The molecule has 8 heteroatoms. The van der Waals surface area contributed by atoms with Gasteiger partial charge in [-0.25, -0.2) is 13.6 Å². The van der Waals surface area contributed by atoms with E-state index in [2.05, 4.69) is 5.32 Å². The SMILES string of the molecule is NS(=O)(=O)c1ccc(CNC(=O)COc2ccc3ccccc3c2)s1. The van der Waals surface area contributed by atoms with E-state index in [1.165, 1.54) is 6.07 Å². The number of hydrogen-bond donors (Lipinski definition) is 2. The van der Waals surface area contributed by atoms with Crippen molar-refractivity contribution in [3.63, 3.8) is 0 Å². The summed E-state index contributed by atoms with van der Waals surface area (Å²) in [6.45, 7) is 0.103. The average molecular weight is 376 g/mol. The quantitative estimate of drug-likeness (QED) is 0.689. The van der Waals surface area contributed by atoms with Crippen LogP contribution in [0.1, 0.15) is 4.88 Å². The van der Waals surface area contributed by atoms with Crippen molar-refractivity contribution in [3.05, 3.63) is 59.5 Å². The molecule has 0 bridgehead atoms. The highest BCUT2D eigenvalue weighted by molar-refractivity contribution is 7.91. The number of ether oxygens (including phenoxy) is 1. The molecular weight excluding hydrogens is 360 g/mol. The first-order chi connectivity index (χ1) is 11.9. The molecule has 1 aromatic heterocycles.